The van der Waals surface area contributed by atoms with Crippen molar-refractivity contribution in [3.63, 3.8) is 0 Å². The van der Waals surface area contributed by atoms with Gasteiger partial charge in [0.15, 0.2) is 0 Å². The van der Waals surface area contributed by atoms with Gasteiger partial charge in [-0.25, -0.2) is 12.8 Å². The predicted molar refractivity (Wildman–Crippen MR) is 133 cm³/mol. The molecule has 0 spiro atoms. The number of sulfonamides is 1. The summed E-state index contributed by atoms with van der Waals surface area (Å²) < 4.78 is 42.5. The molecule has 0 aliphatic carbocycles. The van der Waals surface area contributed by atoms with E-state index in [0.29, 0.717) is 10.6 Å². The summed E-state index contributed by atoms with van der Waals surface area (Å²) in [6, 6.07) is 18.5. The van der Waals surface area contributed by atoms with Crippen LogP contribution in [0.2, 0.25) is 5.02 Å². The van der Waals surface area contributed by atoms with Crippen molar-refractivity contribution < 1.29 is 22.4 Å². The lowest BCUT2D eigenvalue weighted by Crippen LogP contribution is -2.50. The third-order valence-corrected chi connectivity index (χ3v) is 7.44. The van der Waals surface area contributed by atoms with Crippen LogP contribution < -0.4 is 9.62 Å². The molecule has 10 heteroatoms. The number of nitrogens with one attached hydrogen (secondary N) is 1. The minimum Gasteiger partial charge on any atom is -0.357 e. The number of para-hydroxylation sites is 1. The number of hydrogen-bond acceptors (Lipinski definition) is 4. The summed E-state index contributed by atoms with van der Waals surface area (Å²) in [5, 5.41) is 3.00. The molecule has 3 rings (SSSR count). The van der Waals surface area contributed by atoms with Gasteiger partial charge in [-0.3, -0.25) is 13.9 Å². The summed E-state index contributed by atoms with van der Waals surface area (Å²) in [6.45, 7) is 0.833. The zero-order valence-electron chi connectivity index (χ0n) is 19.2. The second kappa shape index (κ2) is 11.3. The second-order valence-corrected chi connectivity index (χ2v) is 10.0. The smallest absolute Gasteiger partial charge is 0.264 e. The molecule has 0 saturated heterocycles. The molecule has 0 aliphatic heterocycles. The van der Waals surface area contributed by atoms with Crippen molar-refractivity contribution in [2.24, 2.45) is 0 Å². The fourth-order valence-electron chi connectivity index (χ4n) is 3.47. The summed E-state index contributed by atoms with van der Waals surface area (Å²) in [6.07, 6.45) is 0. The van der Waals surface area contributed by atoms with Gasteiger partial charge in [-0.05, 0) is 48.9 Å². The molecular weight excluding hydrogens is 493 g/mol. The molecule has 0 aliphatic rings. The number of amides is 2. The summed E-state index contributed by atoms with van der Waals surface area (Å²) in [5.74, 6) is -1.92. The number of benzene rings is 3. The lowest BCUT2D eigenvalue weighted by Gasteiger charge is -2.31. The minimum absolute atomic E-state index is 0.0150. The van der Waals surface area contributed by atoms with Crippen LogP contribution in [0.1, 0.15) is 12.5 Å². The minimum atomic E-state index is -4.31. The first-order chi connectivity index (χ1) is 16.6. The van der Waals surface area contributed by atoms with Gasteiger partial charge >= 0.3 is 0 Å². The highest BCUT2D eigenvalue weighted by atomic mass is 35.5. The molecule has 0 saturated carbocycles. The van der Waals surface area contributed by atoms with Gasteiger partial charge in [0.2, 0.25) is 11.8 Å². The van der Waals surface area contributed by atoms with Crippen molar-refractivity contribution in [2.45, 2.75) is 24.4 Å². The van der Waals surface area contributed by atoms with Crippen LogP contribution in [0.4, 0.5) is 10.1 Å². The predicted octanol–water partition coefficient (Wildman–Crippen LogP) is 3.84. The highest BCUT2D eigenvalue weighted by Crippen LogP contribution is 2.27. The molecule has 0 bridgehead atoms. The number of nitrogens with zero attached hydrogens (tertiary/aromatic N) is 2. The molecule has 7 nitrogen and oxygen atoms in total. The Bertz CT molecular complexity index is 1290. The van der Waals surface area contributed by atoms with E-state index in [1.807, 2.05) is 0 Å². The van der Waals surface area contributed by atoms with E-state index in [0.717, 1.165) is 10.4 Å². The maximum Gasteiger partial charge on any atom is 0.264 e. The Morgan fingerprint density at radius 3 is 2.17 bits per heavy atom. The van der Waals surface area contributed by atoms with Crippen molar-refractivity contribution in [1.82, 2.24) is 10.2 Å². The number of carbonyl (C=O) groups is 2. The molecule has 3 aromatic carbocycles. The van der Waals surface area contributed by atoms with E-state index in [1.54, 1.807) is 30.3 Å². The fraction of sp³-hybridized carbons (Fsp3) is 0.200. The van der Waals surface area contributed by atoms with Crippen LogP contribution in [0.25, 0.3) is 0 Å². The van der Waals surface area contributed by atoms with Gasteiger partial charge in [0.1, 0.15) is 18.4 Å². The molecule has 35 heavy (non-hydrogen) atoms. The summed E-state index contributed by atoms with van der Waals surface area (Å²) in [7, 11) is -2.87. The van der Waals surface area contributed by atoms with Crippen LogP contribution in [0.3, 0.4) is 0 Å². The molecule has 3 aromatic rings. The molecule has 1 atom stereocenters. The number of hydrogen-bond donors (Lipinski definition) is 1. The van der Waals surface area contributed by atoms with E-state index in [1.165, 1.54) is 61.3 Å². The first kappa shape index (κ1) is 26.2. The third-order valence-electron chi connectivity index (χ3n) is 5.41. The van der Waals surface area contributed by atoms with Gasteiger partial charge in [0.05, 0.1) is 10.6 Å². The summed E-state index contributed by atoms with van der Waals surface area (Å²) in [4.78, 5) is 27.1. The van der Waals surface area contributed by atoms with Gasteiger partial charge in [0, 0.05) is 18.6 Å². The Hall–Kier alpha value is -3.43. The van der Waals surface area contributed by atoms with Crippen molar-refractivity contribution >= 4 is 39.1 Å². The van der Waals surface area contributed by atoms with Crippen LogP contribution in [0.15, 0.2) is 83.8 Å². The topological polar surface area (TPSA) is 86.8 Å². The molecule has 0 aromatic heterocycles. The van der Waals surface area contributed by atoms with Crippen molar-refractivity contribution in [3.05, 3.63) is 95.3 Å². The number of anilines is 1. The van der Waals surface area contributed by atoms with Gasteiger partial charge in [-0.1, -0.05) is 54.1 Å². The van der Waals surface area contributed by atoms with Crippen molar-refractivity contribution in [2.75, 3.05) is 17.9 Å². The van der Waals surface area contributed by atoms with Crippen LogP contribution in [-0.2, 0) is 26.2 Å². The van der Waals surface area contributed by atoms with Gasteiger partial charge in [0.25, 0.3) is 10.0 Å². The Balaban J connectivity index is 2.03. The molecule has 0 heterocycles. The van der Waals surface area contributed by atoms with E-state index in [9.17, 15) is 22.4 Å². The first-order valence-electron chi connectivity index (χ1n) is 10.7. The van der Waals surface area contributed by atoms with Crippen LogP contribution in [-0.4, -0.2) is 44.8 Å². The van der Waals surface area contributed by atoms with E-state index >= 15 is 0 Å². The second-order valence-electron chi connectivity index (χ2n) is 7.71. The zero-order chi connectivity index (χ0) is 25.6. The van der Waals surface area contributed by atoms with Crippen molar-refractivity contribution in [3.8, 4) is 0 Å². The Morgan fingerprint density at radius 2 is 1.57 bits per heavy atom. The largest absolute Gasteiger partial charge is 0.357 e. The van der Waals surface area contributed by atoms with E-state index in [4.69, 9.17) is 11.6 Å². The van der Waals surface area contributed by atoms with E-state index in [-0.39, 0.29) is 17.1 Å². The van der Waals surface area contributed by atoms with E-state index < -0.39 is 40.2 Å². The third kappa shape index (κ3) is 6.17. The average molecular weight is 518 g/mol. The quantitative estimate of drug-likeness (QED) is 0.467. The standard InChI is InChI=1S/C25H25ClFN3O4S/c1-18(25(32)28-2)29(16-19-12-14-20(26)15-13-19)24(31)17-30(23-11-7-6-10-22(23)27)35(33,34)21-8-4-3-5-9-21/h3-15,18H,16-17H2,1-2H3,(H,28,32)/t18-/m0/s1. The van der Waals surface area contributed by atoms with Crippen LogP contribution >= 0.6 is 11.6 Å². The van der Waals surface area contributed by atoms with Crippen LogP contribution in [0, 0.1) is 5.82 Å². The number of rotatable bonds is 9. The monoisotopic (exact) mass is 517 g/mol. The summed E-state index contributed by atoms with van der Waals surface area (Å²) in [5.41, 5.74) is 0.408. The Kier molecular flexibility index (Phi) is 8.48. The lowest BCUT2D eigenvalue weighted by atomic mass is 10.1. The summed E-state index contributed by atoms with van der Waals surface area (Å²) >= 11 is 5.95. The first-order valence-corrected chi connectivity index (χ1v) is 12.5. The number of likely N-dealkylation sites (N-methyl/N-ethyl adjacent to an activating group) is 1. The normalized spacial score (nSPS) is 12.0. The molecule has 2 amide bonds. The van der Waals surface area contributed by atoms with Gasteiger partial charge in [-0.15, -0.1) is 0 Å². The van der Waals surface area contributed by atoms with Gasteiger partial charge < -0.3 is 10.2 Å². The molecular formula is C25H25ClFN3O4S. The molecule has 0 unspecified atom stereocenters. The van der Waals surface area contributed by atoms with Gasteiger partial charge in [-0.2, -0.15) is 0 Å². The molecule has 1 N–H and O–H groups in total. The SMILES string of the molecule is CNC(=O)[C@H](C)N(Cc1ccc(Cl)cc1)C(=O)CN(c1ccccc1F)S(=O)(=O)c1ccccc1. The van der Waals surface area contributed by atoms with Crippen molar-refractivity contribution in [1.29, 1.82) is 0 Å². The maximum atomic E-state index is 14.8. The lowest BCUT2D eigenvalue weighted by molar-refractivity contribution is -0.139. The Labute approximate surface area is 209 Å². The van der Waals surface area contributed by atoms with Crippen LogP contribution in [0.5, 0.6) is 0 Å². The fourth-order valence-corrected chi connectivity index (χ4v) is 5.03. The highest BCUT2D eigenvalue weighted by Gasteiger charge is 2.33. The molecule has 0 fully saturated rings. The molecule has 0 radical (unpaired) electrons. The number of carbonyl (C=O) groups excluding carboxylic acids is 2. The zero-order valence-corrected chi connectivity index (χ0v) is 20.8. The molecule has 184 valence electrons. The Morgan fingerprint density at radius 1 is 0.971 bits per heavy atom. The average Bonchev–Trinajstić information content (AvgIpc) is 2.86. The van der Waals surface area contributed by atoms with E-state index in [2.05, 4.69) is 5.32 Å². The highest BCUT2D eigenvalue weighted by molar-refractivity contribution is 7.92. The number of halogens is 2. The maximum absolute atomic E-state index is 14.8.